The van der Waals surface area contributed by atoms with Crippen molar-refractivity contribution >= 4 is 5.91 Å². The first kappa shape index (κ1) is 10.5. The van der Waals surface area contributed by atoms with E-state index >= 15 is 0 Å². The van der Waals surface area contributed by atoms with E-state index in [4.69, 9.17) is 5.11 Å². The topological polar surface area (TPSA) is 61.4 Å². The van der Waals surface area contributed by atoms with Crippen molar-refractivity contribution in [3.8, 4) is 5.75 Å². The van der Waals surface area contributed by atoms with E-state index in [9.17, 15) is 4.79 Å². The Kier molecular flexibility index (Phi) is 3.94. The van der Waals surface area contributed by atoms with Crippen LogP contribution in [0, 0.1) is 0 Å². The third-order valence-electron chi connectivity index (χ3n) is 1.83. The van der Waals surface area contributed by atoms with E-state index in [-0.39, 0.29) is 11.7 Å². The summed E-state index contributed by atoms with van der Waals surface area (Å²) >= 11 is 0. The summed E-state index contributed by atoms with van der Waals surface area (Å²) in [6, 6.07) is 6.87. The van der Waals surface area contributed by atoms with E-state index < -0.39 is 0 Å². The second-order valence-corrected chi connectivity index (χ2v) is 2.94. The highest BCUT2D eigenvalue weighted by Gasteiger charge is 1.97. The average molecular weight is 194 g/mol. The van der Waals surface area contributed by atoms with Crippen LogP contribution in [0.15, 0.2) is 24.3 Å². The van der Waals surface area contributed by atoms with Crippen LogP contribution in [-0.2, 0) is 11.3 Å². The number of hydrogen-bond acceptors (Lipinski definition) is 3. The molecule has 3 N–H and O–H groups in total. The highest BCUT2D eigenvalue weighted by Crippen LogP contribution is 2.08. The zero-order valence-electron chi connectivity index (χ0n) is 8.08. The molecule has 1 aromatic carbocycles. The minimum absolute atomic E-state index is 0.0382. The van der Waals surface area contributed by atoms with Crippen molar-refractivity contribution in [2.45, 2.75) is 6.54 Å². The highest BCUT2D eigenvalue weighted by molar-refractivity contribution is 5.77. The van der Waals surface area contributed by atoms with Gasteiger partial charge in [-0.15, -0.1) is 0 Å². The van der Waals surface area contributed by atoms with Crippen molar-refractivity contribution in [1.82, 2.24) is 10.6 Å². The van der Waals surface area contributed by atoms with Gasteiger partial charge in [-0.25, -0.2) is 0 Å². The van der Waals surface area contributed by atoms with Gasteiger partial charge in [0.25, 0.3) is 0 Å². The van der Waals surface area contributed by atoms with Gasteiger partial charge in [0, 0.05) is 13.6 Å². The highest BCUT2D eigenvalue weighted by atomic mass is 16.3. The minimum Gasteiger partial charge on any atom is -0.508 e. The van der Waals surface area contributed by atoms with E-state index in [2.05, 4.69) is 10.6 Å². The minimum atomic E-state index is -0.0382. The molecule has 1 amide bonds. The lowest BCUT2D eigenvalue weighted by Crippen LogP contribution is -2.30. The Hall–Kier alpha value is -1.55. The van der Waals surface area contributed by atoms with Gasteiger partial charge < -0.3 is 15.7 Å². The lowest BCUT2D eigenvalue weighted by Gasteiger charge is -2.03. The lowest BCUT2D eigenvalue weighted by molar-refractivity contribution is -0.119. The van der Waals surface area contributed by atoms with Gasteiger partial charge in [-0.05, 0) is 17.7 Å². The molecule has 0 radical (unpaired) electrons. The lowest BCUT2D eigenvalue weighted by atomic mass is 10.2. The van der Waals surface area contributed by atoms with Crippen LogP contribution < -0.4 is 10.6 Å². The number of phenols is 1. The molecule has 14 heavy (non-hydrogen) atoms. The molecule has 0 aliphatic rings. The SMILES string of the molecule is CNC(=O)CNCc1ccc(O)cc1. The van der Waals surface area contributed by atoms with Gasteiger partial charge in [0.1, 0.15) is 5.75 Å². The van der Waals surface area contributed by atoms with Crippen LogP contribution >= 0.6 is 0 Å². The number of carbonyl (C=O) groups excluding carboxylic acids is 1. The van der Waals surface area contributed by atoms with E-state index in [1.807, 2.05) is 12.1 Å². The Morgan fingerprint density at radius 1 is 1.36 bits per heavy atom. The fraction of sp³-hybridized carbons (Fsp3) is 0.300. The van der Waals surface area contributed by atoms with Crippen molar-refractivity contribution < 1.29 is 9.90 Å². The van der Waals surface area contributed by atoms with Crippen molar-refractivity contribution in [3.05, 3.63) is 29.8 Å². The summed E-state index contributed by atoms with van der Waals surface area (Å²) in [4.78, 5) is 10.8. The molecule has 0 saturated carbocycles. The molecule has 0 fully saturated rings. The maximum Gasteiger partial charge on any atom is 0.233 e. The normalized spacial score (nSPS) is 9.79. The standard InChI is InChI=1S/C10H14N2O2/c1-11-10(14)7-12-6-8-2-4-9(13)5-3-8/h2-5,12-13H,6-7H2,1H3,(H,11,14). The summed E-state index contributed by atoms with van der Waals surface area (Å²) in [5.74, 6) is 0.212. The number of carbonyl (C=O) groups is 1. The molecule has 0 spiro atoms. The number of amides is 1. The zero-order chi connectivity index (χ0) is 10.4. The fourth-order valence-corrected chi connectivity index (χ4v) is 1.02. The van der Waals surface area contributed by atoms with Gasteiger partial charge in [-0.2, -0.15) is 0 Å². The molecule has 0 aliphatic heterocycles. The molecule has 4 heteroatoms. The Bertz CT molecular complexity index is 295. The molecular weight excluding hydrogens is 180 g/mol. The van der Waals surface area contributed by atoms with Crippen LogP contribution in [0.4, 0.5) is 0 Å². The summed E-state index contributed by atoms with van der Waals surface area (Å²) in [6.45, 7) is 0.922. The second-order valence-electron chi connectivity index (χ2n) is 2.94. The number of phenolic OH excluding ortho intramolecular Hbond substituents is 1. The van der Waals surface area contributed by atoms with Gasteiger partial charge in [0.2, 0.25) is 5.91 Å². The molecule has 0 aromatic heterocycles. The maximum absolute atomic E-state index is 10.8. The van der Waals surface area contributed by atoms with Crippen LogP contribution in [-0.4, -0.2) is 24.6 Å². The maximum atomic E-state index is 10.8. The second kappa shape index (κ2) is 5.24. The zero-order valence-corrected chi connectivity index (χ0v) is 8.08. The van der Waals surface area contributed by atoms with Crippen LogP contribution in [0.3, 0.4) is 0 Å². The molecule has 0 unspecified atom stereocenters. The third-order valence-corrected chi connectivity index (χ3v) is 1.83. The van der Waals surface area contributed by atoms with Gasteiger partial charge in [-0.1, -0.05) is 12.1 Å². The van der Waals surface area contributed by atoms with E-state index in [0.29, 0.717) is 13.1 Å². The molecule has 1 aromatic rings. The molecule has 76 valence electrons. The van der Waals surface area contributed by atoms with Crippen molar-refractivity contribution in [2.24, 2.45) is 0 Å². The van der Waals surface area contributed by atoms with Crippen LogP contribution in [0.25, 0.3) is 0 Å². The number of nitrogens with one attached hydrogen (secondary N) is 2. The van der Waals surface area contributed by atoms with Gasteiger partial charge in [-0.3, -0.25) is 4.79 Å². The molecule has 0 aliphatic carbocycles. The number of aromatic hydroxyl groups is 1. The van der Waals surface area contributed by atoms with Crippen LogP contribution in [0.5, 0.6) is 5.75 Å². The Morgan fingerprint density at radius 2 is 2.00 bits per heavy atom. The van der Waals surface area contributed by atoms with Crippen LogP contribution in [0.1, 0.15) is 5.56 Å². The predicted octanol–water partition coefficient (Wildman–Crippen LogP) is 0.228. The molecular formula is C10H14N2O2. The summed E-state index contributed by atoms with van der Waals surface area (Å²) < 4.78 is 0. The summed E-state index contributed by atoms with van der Waals surface area (Å²) in [7, 11) is 1.60. The first-order chi connectivity index (χ1) is 6.72. The summed E-state index contributed by atoms with van der Waals surface area (Å²) in [5, 5.41) is 14.5. The largest absolute Gasteiger partial charge is 0.508 e. The number of rotatable bonds is 4. The van der Waals surface area contributed by atoms with Crippen molar-refractivity contribution in [3.63, 3.8) is 0 Å². The fourth-order valence-electron chi connectivity index (χ4n) is 1.02. The van der Waals surface area contributed by atoms with E-state index in [1.54, 1.807) is 19.2 Å². The van der Waals surface area contributed by atoms with Crippen LogP contribution in [0.2, 0.25) is 0 Å². The quantitative estimate of drug-likeness (QED) is 0.643. The van der Waals surface area contributed by atoms with Crippen molar-refractivity contribution in [2.75, 3.05) is 13.6 Å². The van der Waals surface area contributed by atoms with Crippen molar-refractivity contribution in [1.29, 1.82) is 0 Å². The van der Waals surface area contributed by atoms with Gasteiger partial charge >= 0.3 is 0 Å². The van der Waals surface area contributed by atoms with E-state index in [0.717, 1.165) is 5.56 Å². The Labute approximate surface area is 82.9 Å². The Morgan fingerprint density at radius 3 is 2.57 bits per heavy atom. The summed E-state index contributed by atoms with van der Waals surface area (Å²) in [6.07, 6.45) is 0. The predicted molar refractivity (Wildman–Crippen MR) is 53.9 cm³/mol. The molecule has 1 rings (SSSR count). The van der Waals surface area contributed by atoms with E-state index in [1.165, 1.54) is 0 Å². The molecule has 0 atom stereocenters. The monoisotopic (exact) mass is 194 g/mol. The molecule has 4 nitrogen and oxygen atoms in total. The number of hydrogen-bond donors (Lipinski definition) is 3. The number of benzene rings is 1. The van der Waals surface area contributed by atoms with Gasteiger partial charge in [0.05, 0.1) is 6.54 Å². The molecule has 0 saturated heterocycles. The third kappa shape index (κ3) is 3.45. The smallest absolute Gasteiger partial charge is 0.233 e. The average Bonchev–Trinajstić information content (AvgIpc) is 2.21. The molecule has 0 bridgehead atoms. The van der Waals surface area contributed by atoms with Gasteiger partial charge in [0.15, 0.2) is 0 Å². The Balaban J connectivity index is 2.31. The first-order valence-corrected chi connectivity index (χ1v) is 4.41. The number of likely N-dealkylation sites (N-methyl/N-ethyl adjacent to an activating group) is 1. The first-order valence-electron chi connectivity index (χ1n) is 4.41. The summed E-state index contributed by atoms with van der Waals surface area (Å²) in [5.41, 5.74) is 1.03. The molecule has 0 heterocycles.